The van der Waals surface area contributed by atoms with Gasteiger partial charge in [-0.05, 0) is 39.8 Å². The molecular weight excluding hydrogens is 284 g/mol. The van der Waals surface area contributed by atoms with Crippen LogP contribution in [0.25, 0.3) is 0 Å². The summed E-state index contributed by atoms with van der Waals surface area (Å²) in [5.74, 6) is -1.24. The molecule has 0 aromatic heterocycles. The third-order valence-electron chi connectivity index (χ3n) is 2.16. The highest BCUT2D eigenvalue weighted by Crippen LogP contribution is 2.20. The summed E-state index contributed by atoms with van der Waals surface area (Å²) in [5, 5.41) is 4.54. The normalized spacial score (nSPS) is 12.4. The van der Waals surface area contributed by atoms with Gasteiger partial charge in [-0.15, -0.1) is 0 Å². The van der Waals surface area contributed by atoms with Gasteiger partial charge in [-0.3, -0.25) is 9.59 Å². The molecule has 0 heterocycles. The van der Waals surface area contributed by atoms with Crippen LogP contribution in [-0.4, -0.2) is 30.8 Å². The predicted octanol–water partition coefficient (Wildman–Crippen LogP) is 0.409. The van der Waals surface area contributed by atoms with Crippen molar-refractivity contribution in [1.29, 1.82) is 0 Å². The zero-order valence-corrected chi connectivity index (χ0v) is 12.8. The van der Waals surface area contributed by atoms with Crippen molar-refractivity contribution in [1.82, 2.24) is 10.6 Å². The predicted molar refractivity (Wildman–Crippen MR) is 74.8 cm³/mol. The lowest BCUT2D eigenvalue weighted by atomic mass is 10.3. The monoisotopic (exact) mass is 304 g/mol. The minimum Gasteiger partial charge on any atom is -0.332 e. The van der Waals surface area contributed by atoms with Crippen LogP contribution in [0.2, 0.25) is 0 Å². The molecule has 0 saturated heterocycles. The zero-order valence-electron chi connectivity index (χ0n) is 12.0. The second-order valence-corrected chi connectivity index (χ2v) is 7.04. The number of carbonyl (C=O) groups is 2. The van der Waals surface area contributed by atoms with E-state index < -0.39 is 32.5 Å². The highest BCUT2D eigenvalue weighted by Gasteiger charge is 2.41. The fourth-order valence-corrected chi connectivity index (χ4v) is 2.18. The Hall–Kier alpha value is -1.67. The molecule has 0 aliphatic heterocycles. The maximum absolute atomic E-state index is 12.1. The molecule has 0 saturated carbocycles. The van der Waals surface area contributed by atoms with E-state index in [1.54, 1.807) is 0 Å². The summed E-state index contributed by atoms with van der Waals surface area (Å²) in [6.07, 6.45) is 1.93. The summed E-state index contributed by atoms with van der Waals surface area (Å²) in [4.78, 5) is 20.7. The van der Waals surface area contributed by atoms with Crippen LogP contribution in [0.3, 0.4) is 0 Å². The fraction of sp³-hybridized carbons (Fsp3) is 0.500. The SMILES string of the molecule is C=CC(=O)NC(C)(C)OS(=O)(=O)C(C)(C)NC(=O)C=C. The lowest BCUT2D eigenvalue weighted by Crippen LogP contribution is -2.55. The molecule has 0 atom stereocenters. The standard InChI is InChI=1S/C12H20N2O5S/c1-7-9(15)13-11(3,4)19-20(17,18)12(5,6)14-10(16)8-2/h7-8H,1-2H2,3-6H3,(H,13,15)(H,14,16). The molecule has 0 spiro atoms. The van der Waals surface area contributed by atoms with Crippen molar-refractivity contribution in [3.05, 3.63) is 25.3 Å². The first-order valence-electron chi connectivity index (χ1n) is 5.71. The van der Waals surface area contributed by atoms with E-state index in [2.05, 4.69) is 23.8 Å². The second kappa shape index (κ2) is 6.19. The maximum atomic E-state index is 12.1. The second-order valence-electron chi connectivity index (χ2n) is 4.94. The van der Waals surface area contributed by atoms with Crippen molar-refractivity contribution in [2.24, 2.45) is 0 Å². The number of hydrogen-bond acceptors (Lipinski definition) is 5. The van der Waals surface area contributed by atoms with E-state index in [0.29, 0.717) is 0 Å². The first-order chi connectivity index (χ1) is 8.87. The Balaban J connectivity index is 5.14. The minimum absolute atomic E-state index is 0.585. The van der Waals surface area contributed by atoms with Crippen LogP contribution < -0.4 is 10.6 Å². The minimum atomic E-state index is -4.21. The van der Waals surface area contributed by atoms with Crippen LogP contribution in [0.5, 0.6) is 0 Å². The molecule has 0 aliphatic rings. The lowest BCUT2D eigenvalue weighted by molar-refractivity contribution is -0.121. The van der Waals surface area contributed by atoms with Gasteiger partial charge in [0.15, 0.2) is 10.6 Å². The van der Waals surface area contributed by atoms with Gasteiger partial charge in [-0.2, -0.15) is 8.42 Å². The largest absolute Gasteiger partial charge is 0.332 e. The van der Waals surface area contributed by atoms with Crippen LogP contribution in [0.4, 0.5) is 0 Å². The molecule has 0 aromatic carbocycles. The molecule has 8 heteroatoms. The van der Waals surface area contributed by atoms with E-state index in [1.807, 2.05) is 0 Å². The van der Waals surface area contributed by atoms with Crippen molar-refractivity contribution in [3.8, 4) is 0 Å². The molecule has 0 aliphatic carbocycles. The van der Waals surface area contributed by atoms with E-state index in [0.717, 1.165) is 12.2 Å². The Labute approximate surface area is 119 Å². The Morgan fingerprint density at radius 2 is 1.40 bits per heavy atom. The van der Waals surface area contributed by atoms with Crippen LogP contribution in [0.15, 0.2) is 25.3 Å². The van der Waals surface area contributed by atoms with Gasteiger partial charge in [-0.1, -0.05) is 13.2 Å². The van der Waals surface area contributed by atoms with Gasteiger partial charge in [0.2, 0.25) is 11.8 Å². The van der Waals surface area contributed by atoms with Crippen LogP contribution >= 0.6 is 0 Å². The molecule has 0 radical (unpaired) electrons. The molecule has 7 nitrogen and oxygen atoms in total. The van der Waals surface area contributed by atoms with Gasteiger partial charge >= 0.3 is 0 Å². The van der Waals surface area contributed by atoms with Crippen LogP contribution in [0.1, 0.15) is 27.7 Å². The average molecular weight is 304 g/mol. The Morgan fingerprint density at radius 1 is 1.00 bits per heavy atom. The fourth-order valence-electron chi connectivity index (χ4n) is 1.16. The topological polar surface area (TPSA) is 102 Å². The molecule has 0 bridgehead atoms. The third-order valence-corrected chi connectivity index (χ3v) is 4.15. The number of carbonyl (C=O) groups excluding carboxylic acids is 2. The van der Waals surface area contributed by atoms with E-state index in [-0.39, 0.29) is 0 Å². The summed E-state index contributed by atoms with van der Waals surface area (Å²) in [5.41, 5.74) is -1.49. The molecule has 2 N–H and O–H groups in total. The first-order valence-corrected chi connectivity index (χ1v) is 7.12. The average Bonchev–Trinajstić information content (AvgIpc) is 2.25. The quantitative estimate of drug-likeness (QED) is 0.403. The third kappa shape index (κ3) is 5.14. The van der Waals surface area contributed by atoms with Crippen LogP contribution in [-0.2, 0) is 23.9 Å². The summed E-state index contributed by atoms with van der Waals surface area (Å²) < 4.78 is 29.2. The van der Waals surface area contributed by atoms with Crippen molar-refractivity contribution in [2.75, 3.05) is 0 Å². The highest BCUT2D eigenvalue weighted by atomic mass is 32.2. The van der Waals surface area contributed by atoms with E-state index in [4.69, 9.17) is 4.18 Å². The summed E-state index contributed by atoms with van der Waals surface area (Å²) in [6.45, 7) is 11.7. The number of amides is 2. The van der Waals surface area contributed by atoms with Crippen molar-refractivity contribution in [2.45, 2.75) is 38.3 Å². The molecule has 2 amide bonds. The molecule has 20 heavy (non-hydrogen) atoms. The van der Waals surface area contributed by atoms with Gasteiger partial charge in [-0.25, -0.2) is 4.18 Å². The number of rotatable bonds is 7. The van der Waals surface area contributed by atoms with Crippen molar-refractivity contribution in [3.63, 3.8) is 0 Å². The maximum Gasteiger partial charge on any atom is 0.293 e. The molecule has 0 fully saturated rings. The number of nitrogens with one attached hydrogen (secondary N) is 2. The smallest absolute Gasteiger partial charge is 0.293 e. The highest BCUT2D eigenvalue weighted by molar-refractivity contribution is 7.88. The van der Waals surface area contributed by atoms with E-state index >= 15 is 0 Å². The summed E-state index contributed by atoms with van der Waals surface area (Å²) >= 11 is 0. The van der Waals surface area contributed by atoms with E-state index in [1.165, 1.54) is 27.7 Å². The molecule has 0 aromatic rings. The Morgan fingerprint density at radius 3 is 1.80 bits per heavy atom. The molecule has 114 valence electrons. The van der Waals surface area contributed by atoms with Crippen molar-refractivity contribution >= 4 is 21.9 Å². The molecule has 0 rings (SSSR count). The van der Waals surface area contributed by atoms with Gasteiger partial charge in [0.25, 0.3) is 10.1 Å². The Bertz CT molecular complexity index is 520. The Kier molecular flexibility index (Phi) is 5.67. The van der Waals surface area contributed by atoms with E-state index in [9.17, 15) is 18.0 Å². The first kappa shape index (κ1) is 18.3. The van der Waals surface area contributed by atoms with Crippen LogP contribution in [0, 0.1) is 0 Å². The van der Waals surface area contributed by atoms with Gasteiger partial charge in [0, 0.05) is 0 Å². The van der Waals surface area contributed by atoms with Gasteiger partial charge < -0.3 is 10.6 Å². The zero-order chi connectivity index (χ0) is 16.2. The van der Waals surface area contributed by atoms with Gasteiger partial charge in [0.1, 0.15) is 0 Å². The number of hydrogen-bond donors (Lipinski definition) is 2. The summed E-state index contributed by atoms with van der Waals surface area (Å²) in [7, 11) is -4.21. The molecule has 0 unspecified atom stereocenters. The van der Waals surface area contributed by atoms with Gasteiger partial charge in [0.05, 0.1) is 0 Å². The van der Waals surface area contributed by atoms with Crippen molar-refractivity contribution < 1.29 is 22.2 Å². The summed E-state index contributed by atoms with van der Waals surface area (Å²) in [6, 6.07) is 0. The lowest BCUT2D eigenvalue weighted by Gasteiger charge is -2.31. The molecular formula is C12H20N2O5S.